The number of carbonyl (C=O) groups excluding carboxylic acids is 1. The number of aliphatic imine (C=N–C) groups is 1. The van der Waals surface area contributed by atoms with Crippen LogP contribution in [0, 0.1) is 6.92 Å². The molecule has 1 saturated heterocycles. The number of likely N-dealkylation sites (tertiary alicyclic amines) is 1. The molecule has 0 aromatic heterocycles. The average Bonchev–Trinajstić information content (AvgIpc) is 2.84. The molecule has 6 nitrogen and oxygen atoms in total. The van der Waals surface area contributed by atoms with Gasteiger partial charge in [-0.25, -0.2) is 4.99 Å². The third-order valence-electron chi connectivity index (χ3n) is 5.79. The summed E-state index contributed by atoms with van der Waals surface area (Å²) in [5, 5.41) is 6.70. The van der Waals surface area contributed by atoms with Crippen LogP contribution in [0.1, 0.15) is 53.2 Å². The molecule has 32 heavy (non-hydrogen) atoms. The lowest BCUT2D eigenvalue weighted by atomic mass is 10.1. The summed E-state index contributed by atoms with van der Waals surface area (Å²) in [5.74, 6) is 1.85. The number of amides is 1. The summed E-state index contributed by atoms with van der Waals surface area (Å²) < 4.78 is 5.42. The van der Waals surface area contributed by atoms with Gasteiger partial charge >= 0.3 is 0 Å². The zero-order chi connectivity index (χ0) is 22.8. The second-order valence-corrected chi connectivity index (χ2v) is 8.23. The number of aryl methyl sites for hydroxylation is 1. The summed E-state index contributed by atoms with van der Waals surface area (Å²) in [6, 6.07) is 14.2. The molecule has 1 fully saturated rings. The van der Waals surface area contributed by atoms with Gasteiger partial charge in [0, 0.05) is 31.7 Å². The number of hydrogen-bond acceptors (Lipinski definition) is 3. The van der Waals surface area contributed by atoms with Gasteiger partial charge in [0.2, 0.25) is 0 Å². The number of nitrogens with zero attached hydrogens (tertiary/aromatic N) is 2. The van der Waals surface area contributed by atoms with E-state index in [2.05, 4.69) is 35.8 Å². The number of carbonyl (C=O) groups is 1. The Morgan fingerprint density at radius 3 is 2.44 bits per heavy atom. The lowest BCUT2D eigenvalue weighted by Gasteiger charge is -2.26. The van der Waals surface area contributed by atoms with E-state index >= 15 is 0 Å². The molecule has 0 unspecified atom stereocenters. The molecule has 0 atom stereocenters. The van der Waals surface area contributed by atoms with Gasteiger partial charge in [0.05, 0.1) is 13.7 Å². The maximum Gasteiger partial charge on any atom is 0.253 e. The molecule has 6 heteroatoms. The smallest absolute Gasteiger partial charge is 0.253 e. The zero-order valence-corrected chi connectivity index (χ0v) is 19.6. The van der Waals surface area contributed by atoms with Crippen molar-refractivity contribution < 1.29 is 9.53 Å². The van der Waals surface area contributed by atoms with E-state index in [4.69, 9.17) is 9.73 Å². The molecule has 1 amide bonds. The molecule has 172 valence electrons. The Morgan fingerprint density at radius 2 is 1.75 bits per heavy atom. The fourth-order valence-electron chi connectivity index (χ4n) is 3.89. The van der Waals surface area contributed by atoms with E-state index in [0.29, 0.717) is 6.54 Å². The molecule has 0 saturated carbocycles. The number of hydrogen-bond donors (Lipinski definition) is 2. The summed E-state index contributed by atoms with van der Waals surface area (Å²) in [7, 11) is 1.70. The highest BCUT2D eigenvalue weighted by Crippen LogP contribution is 2.19. The Morgan fingerprint density at radius 1 is 1.03 bits per heavy atom. The van der Waals surface area contributed by atoms with Gasteiger partial charge in [0.1, 0.15) is 5.75 Å². The van der Waals surface area contributed by atoms with Crippen molar-refractivity contribution in [1.82, 2.24) is 15.5 Å². The van der Waals surface area contributed by atoms with E-state index < -0.39 is 0 Å². The van der Waals surface area contributed by atoms with Gasteiger partial charge in [-0.05, 0) is 74.4 Å². The first-order valence-electron chi connectivity index (χ1n) is 11.6. The van der Waals surface area contributed by atoms with Crippen LogP contribution in [0.25, 0.3) is 0 Å². The second kappa shape index (κ2) is 12.1. The Labute approximate surface area is 192 Å². The molecule has 3 rings (SSSR count). The summed E-state index contributed by atoms with van der Waals surface area (Å²) in [4.78, 5) is 19.3. The van der Waals surface area contributed by atoms with Crippen molar-refractivity contribution in [3.63, 3.8) is 0 Å². The highest BCUT2D eigenvalue weighted by Gasteiger charge is 2.17. The van der Waals surface area contributed by atoms with E-state index in [9.17, 15) is 4.79 Å². The SMILES string of the molecule is CCNC(=NCc1ccc(C(=O)N2CCCCC2)cc1)NCCc1ccc(C)c(OC)c1. The van der Waals surface area contributed by atoms with Crippen molar-refractivity contribution >= 4 is 11.9 Å². The van der Waals surface area contributed by atoms with Crippen LogP contribution in [0.5, 0.6) is 5.75 Å². The van der Waals surface area contributed by atoms with Crippen LogP contribution in [-0.2, 0) is 13.0 Å². The number of nitrogens with one attached hydrogen (secondary N) is 2. The fourth-order valence-corrected chi connectivity index (χ4v) is 3.89. The molecule has 2 aromatic rings. The number of ether oxygens (including phenoxy) is 1. The minimum Gasteiger partial charge on any atom is -0.496 e. The van der Waals surface area contributed by atoms with Gasteiger partial charge in [-0.3, -0.25) is 4.79 Å². The van der Waals surface area contributed by atoms with Gasteiger partial charge in [0.15, 0.2) is 5.96 Å². The normalized spacial score (nSPS) is 14.2. The number of piperidine rings is 1. The summed E-state index contributed by atoms with van der Waals surface area (Å²) in [5.41, 5.74) is 4.21. The first kappa shape index (κ1) is 23.6. The fraction of sp³-hybridized carbons (Fsp3) is 0.462. The van der Waals surface area contributed by atoms with E-state index in [0.717, 1.165) is 73.8 Å². The maximum absolute atomic E-state index is 12.6. The lowest BCUT2D eigenvalue weighted by molar-refractivity contribution is 0.0724. The molecule has 2 N–H and O–H groups in total. The molecule has 2 aromatic carbocycles. The molecule has 0 bridgehead atoms. The maximum atomic E-state index is 12.6. The molecule has 0 radical (unpaired) electrons. The zero-order valence-electron chi connectivity index (χ0n) is 19.6. The molecular weight excluding hydrogens is 400 g/mol. The number of methoxy groups -OCH3 is 1. The van der Waals surface area contributed by atoms with E-state index in [-0.39, 0.29) is 5.91 Å². The molecule has 0 aliphatic carbocycles. The van der Waals surface area contributed by atoms with Gasteiger partial charge in [-0.2, -0.15) is 0 Å². The predicted octanol–water partition coefficient (Wildman–Crippen LogP) is 3.93. The standard InChI is InChI=1S/C26H36N4O2/c1-4-27-26(28-15-14-21-9-8-20(2)24(18-21)32-3)29-19-22-10-12-23(13-11-22)25(31)30-16-6-5-7-17-30/h8-13,18H,4-7,14-17,19H2,1-3H3,(H2,27,28,29). The monoisotopic (exact) mass is 436 g/mol. The highest BCUT2D eigenvalue weighted by atomic mass is 16.5. The summed E-state index contributed by atoms with van der Waals surface area (Å²) >= 11 is 0. The average molecular weight is 437 g/mol. The van der Waals surface area contributed by atoms with Crippen molar-refractivity contribution in [3.05, 3.63) is 64.7 Å². The minimum absolute atomic E-state index is 0.141. The largest absolute Gasteiger partial charge is 0.496 e. The molecular formula is C26H36N4O2. The van der Waals surface area contributed by atoms with Gasteiger partial charge < -0.3 is 20.3 Å². The Hall–Kier alpha value is -3.02. The van der Waals surface area contributed by atoms with E-state index in [1.807, 2.05) is 36.1 Å². The summed E-state index contributed by atoms with van der Waals surface area (Å²) in [6.07, 6.45) is 4.32. The molecule has 0 spiro atoms. The summed E-state index contributed by atoms with van der Waals surface area (Å²) in [6.45, 7) is 7.99. The van der Waals surface area contributed by atoms with Crippen LogP contribution in [0.4, 0.5) is 0 Å². The van der Waals surface area contributed by atoms with Crippen LogP contribution in [0.2, 0.25) is 0 Å². The van der Waals surface area contributed by atoms with E-state index in [1.54, 1.807) is 7.11 Å². The van der Waals surface area contributed by atoms with E-state index in [1.165, 1.54) is 12.0 Å². The lowest BCUT2D eigenvalue weighted by Crippen LogP contribution is -2.38. The second-order valence-electron chi connectivity index (χ2n) is 8.23. The topological polar surface area (TPSA) is 66.0 Å². The third-order valence-corrected chi connectivity index (χ3v) is 5.79. The third kappa shape index (κ3) is 6.74. The van der Waals surface area contributed by atoms with Crippen molar-refractivity contribution in [2.75, 3.05) is 33.3 Å². The van der Waals surface area contributed by atoms with Crippen LogP contribution < -0.4 is 15.4 Å². The van der Waals surface area contributed by atoms with Crippen LogP contribution in [-0.4, -0.2) is 50.1 Å². The number of benzene rings is 2. The molecule has 1 aliphatic rings. The number of rotatable bonds is 8. The van der Waals surface area contributed by atoms with Gasteiger partial charge in [-0.15, -0.1) is 0 Å². The molecule has 1 aliphatic heterocycles. The van der Waals surface area contributed by atoms with Crippen molar-refractivity contribution in [2.24, 2.45) is 4.99 Å². The Balaban J connectivity index is 1.53. The number of guanidine groups is 1. The van der Waals surface area contributed by atoms with Gasteiger partial charge in [0.25, 0.3) is 5.91 Å². The first-order chi connectivity index (χ1) is 15.6. The van der Waals surface area contributed by atoms with Crippen LogP contribution >= 0.6 is 0 Å². The first-order valence-corrected chi connectivity index (χ1v) is 11.6. The quantitative estimate of drug-likeness (QED) is 0.486. The predicted molar refractivity (Wildman–Crippen MR) is 130 cm³/mol. The Kier molecular flexibility index (Phi) is 8.96. The molecule has 1 heterocycles. The highest BCUT2D eigenvalue weighted by molar-refractivity contribution is 5.94. The Bertz CT molecular complexity index is 903. The van der Waals surface area contributed by atoms with Crippen LogP contribution in [0.15, 0.2) is 47.5 Å². The minimum atomic E-state index is 0.141. The van der Waals surface area contributed by atoms with Crippen molar-refractivity contribution in [3.8, 4) is 5.75 Å². The van der Waals surface area contributed by atoms with Crippen molar-refractivity contribution in [2.45, 2.75) is 46.1 Å². The van der Waals surface area contributed by atoms with Crippen LogP contribution in [0.3, 0.4) is 0 Å². The van der Waals surface area contributed by atoms with Gasteiger partial charge in [-0.1, -0.05) is 24.3 Å². The van der Waals surface area contributed by atoms with Crippen molar-refractivity contribution in [1.29, 1.82) is 0 Å².